The molecule has 2 N–H and O–H groups in total. The number of hydrogen-bond donors (Lipinski definition) is 2. The second-order valence-electron chi connectivity index (χ2n) is 6.66. The highest BCUT2D eigenvalue weighted by molar-refractivity contribution is 5.85. The van der Waals surface area contributed by atoms with Gasteiger partial charge in [0.2, 0.25) is 0 Å². The van der Waals surface area contributed by atoms with Crippen molar-refractivity contribution in [1.29, 1.82) is 0 Å². The molecule has 1 aliphatic rings. The molecule has 0 bridgehead atoms. The van der Waals surface area contributed by atoms with Crippen LogP contribution < -0.4 is 10.6 Å². The van der Waals surface area contributed by atoms with Crippen molar-refractivity contribution in [1.82, 2.24) is 5.32 Å². The Morgan fingerprint density at radius 2 is 1.67 bits per heavy atom. The SMILES string of the molecule is CCC(C)C1(C)CNc2ccccc2C(c2ccccc2)N1.Cl.Cl. The lowest BCUT2D eigenvalue weighted by atomic mass is 9.83. The molecule has 0 radical (unpaired) electrons. The number of benzene rings is 2. The van der Waals surface area contributed by atoms with Gasteiger partial charge in [0.25, 0.3) is 0 Å². The Bertz CT molecular complexity index is 633. The van der Waals surface area contributed by atoms with Gasteiger partial charge < -0.3 is 5.32 Å². The van der Waals surface area contributed by atoms with Crippen LogP contribution in [0.1, 0.15) is 44.4 Å². The fourth-order valence-corrected chi connectivity index (χ4v) is 3.32. The molecule has 0 fully saturated rings. The van der Waals surface area contributed by atoms with Crippen molar-refractivity contribution in [2.24, 2.45) is 5.92 Å². The number of halogens is 2. The van der Waals surface area contributed by atoms with E-state index in [-0.39, 0.29) is 36.4 Å². The highest BCUT2D eigenvalue weighted by Crippen LogP contribution is 2.35. The molecule has 3 rings (SSSR count). The molecule has 24 heavy (non-hydrogen) atoms. The second-order valence-corrected chi connectivity index (χ2v) is 6.66. The van der Waals surface area contributed by atoms with Gasteiger partial charge in [0, 0.05) is 17.8 Å². The van der Waals surface area contributed by atoms with Crippen molar-refractivity contribution in [3.05, 3.63) is 65.7 Å². The Labute approximate surface area is 158 Å². The van der Waals surface area contributed by atoms with Crippen molar-refractivity contribution in [3.63, 3.8) is 0 Å². The third-order valence-corrected chi connectivity index (χ3v) is 5.22. The molecule has 0 aliphatic carbocycles. The second kappa shape index (κ2) is 8.75. The van der Waals surface area contributed by atoms with Gasteiger partial charge in [-0.15, -0.1) is 24.8 Å². The maximum absolute atomic E-state index is 3.95. The van der Waals surface area contributed by atoms with E-state index in [4.69, 9.17) is 0 Å². The summed E-state index contributed by atoms with van der Waals surface area (Å²) in [6, 6.07) is 19.7. The minimum absolute atomic E-state index is 0. The summed E-state index contributed by atoms with van der Waals surface area (Å²) in [5, 5.41) is 7.62. The Balaban J connectivity index is 0.00000144. The molecule has 2 aromatic carbocycles. The van der Waals surface area contributed by atoms with Gasteiger partial charge in [-0.25, -0.2) is 0 Å². The zero-order valence-electron chi connectivity index (χ0n) is 14.6. The largest absolute Gasteiger partial charge is 0.383 e. The smallest absolute Gasteiger partial charge is 0.0602 e. The molecule has 1 aliphatic heterocycles. The number of anilines is 1. The minimum Gasteiger partial charge on any atom is -0.383 e. The third kappa shape index (κ3) is 4.05. The van der Waals surface area contributed by atoms with Crippen LogP contribution in [0.5, 0.6) is 0 Å². The van der Waals surface area contributed by atoms with Crippen molar-refractivity contribution in [2.75, 3.05) is 11.9 Å². The highest BCUT2D eigenvalue weighted by Gasteiger charge is 2.36. The van der Waals surface area contributed by atoms with E-state index in [2.05, 4.69) is 86.0 Å². The Hall–Kier alpha value is -1.22. The number of para-hydroxylation sites is 1. The molecule has 4 heteroatoms. The van der Waals surface area contributed by atoms with Crippen LogP contribution in [-0.4, -0.2) is 12.1 Å². The first-order valence-corrected chi connectivity index (χ1v) is 8.29. The molecular formula is C20H28Cl2N2. The van der Waals surface area contributed by atoms with Gasteiger partial charge >= 0.3 is 0 Å². The summed E-state index contributed by atoms with van der Waals surface area (Å²) in [6.07, 6.45) is 1.17. The van der Waals surface area contributed by atoms with E-state index in [1.54, 1.807) is 0 Å². The molecule has 0 spiro atoms. The van der Waals surface area contributed by atoms with E-state index in [0.717, 1.165) is 6.54 Å². The summed E-state index contributed by atoms with van der Waals surface area (Å²) in [6.45, 7) is 7.90. The molecule has 3 atom stereocenters. The van der Waals surface area contributed by atoms with Crippen LogP contribution >= 0.6 is 24.8 Å². The van der Waals surface area contributed by atoms with E-state index in [1.807, 2.05) is 0 Å². The first-order valence-electron chi connectivity index (χ1n) is 8.29. The zero-order chi connectivity index (χ0) is 15.6. The van der Waals surface area contributed by atoms with Crippen molar-refractivity contribution in [3.8, 4) is 0 Å². The van der Waals surface area contributed by atoms with Gasteiger partial charge in [-0.2, -0.15) is 0 Å². The zero-order valence-corrected chi connectivity index (χ0v) is 16.2. The molecule has 0 amide bonds. The van der Waals surface area contributed by atoms with Crippen LogP contribution in [0.25, 0.3) is 0 Å². The molecule has 1 heterocycles. The fraction of sp³-hybridized carbons (Fsp3) is 0.400. The molecule has 2 aromatic rings. The lowest BCUT2D eigenvalue weighted by molar-refractivity contribution is 0.241. The Morgan fingerprint density at radius 3 is 2.33 bits per heavy atom. The van der Waals surface area contributed by atoms with E-state index >= 15 is 0 Å². The van der Waals surface area contributed by atoms with Crippen LogP contribution in [0.3, 0.4) is 0 Å². The molecule has 3 unspecified atom stereocenters. The Kier molecular flexibility index (Phi) is 7.59. The van der Waals surface area contributed by atoms with Gasteiger partial charge in [-0.1, -0.05) is 68.8 Å². The summed E-state index contributed by atoms with van der Waals surface area (Å²) in [5.41, 5.74) is 3.97. The summed E-state index contributed by atoms with van der Waals surface area (Å²) >= 11 is 0. The number of fused-ring (bicyclic) bond motifs is 1. The first-order chi connectivity index (χ1) is 10.6. The van der Waals surface area contributed by atoms with Gasteiger partial charge in [0.1, 0.15) is 0 Å². The predicted molar refractivity (Wildman–Crippen MR) is 109 cm³/mol. The van der Waals surface area contributed by atoms with E-state index < -0.39 is 0 Å². The quantitative estimate of drug-likeness (QED) is 0.755. The summed E-state index contributed by atoms with van der Waals surface area (Å²) in [5.74, 6) is 0.598. The average molecular weight is 367 g/mol. The topological polar surface area (TPSA) is 24.1 Å². The van der Waals surface area contributed by atoms with E-state index in [0.29, 0.717) is 5.92 Å². The maximum atomic E-state index is 3.95. The maximum Gasteiger partial charge on any atom is 0.0602 e. The molecule has 2 nitrogen and oxygen atoms in total. The van der Waals surface area contributed by atoms with Crippen LogP contribution in [0.4, 0.5) is 5.69 Å². The molecule has 132 valence electrons. The van der Waals surface area contributed by atoms with Crippen LogP contribution in [0.2, 0.25) is 0 Å². The fourth-order valence-electron chi connectivity index (χ4n) is 3.32. The summed E-state index contributed by atoms with van der Waals surface area (Å²) in [4.78, 5) is 0. The summed E-state index contributed by atoms with van der Waals surface area (Å²) in [7, 11) is 0. The van der Waals surface area contributed by atoms with E-state index in [9.17, 15) is 0 Å². The minimum atomic E-state index is 0. The van der Waals surface area contributed by atoms with Crippen LogP contribution in [-0.2, 0) is 0 Å². The first kappa shape index (κ1) is 20.8. The van der Waals surface area contributed by atoms with Crippen LogP contribution in [0, 0.1) is 5.92 Å². The molecular weight excluding hydrogens is 339 g/mol. The average Bonchev–Trinajstić information content (AvgIpc) is 2.73. The van der Waals surface area contributed by atoms with Crippen molar-refractivity contribution < 1.29 is 0 Å². The monoisotopic (exact) mass is 366 g/mol. The lowest BCUT2D eigenvalue weighted by Gasteiger charge is -2.38. The van der Waals surface area contributed by atoms with Crippen LogP contribution in [0.15, 0.2) is 54.6 Å². The third-order valence-electron chi connectivity index (χ3n) is 5.22. The number of nitrogens with one attached hydrogen (secondary N) is 2. The lowest BCUT2D eigenvalue weighted by Crippen LogP contribution is -2.52. The predicted octanol–water partition coefficient (Wildman–Crippen LogP) is 5.44. The van der Waals surface area contributed by atoms with Crippen molar-refractivity contribution in [2.45, 2.75) is 38.8 Å². The van der Waals surface area contributed by atoms with E-state index in [1.165, 1.54) is 23.2 Å². The van der Waals surface area contributed by atoms with Crippen molar-refractivity contribution >= 4 is 30.5 Å². The number of rotatable bonds is 3. The van der Waals surface area contributed by atoms with Gasteiger partial charge in [0.15, 0.2) is 0 Å². The number of hydrogen-bond acceptors (Lipinski definition) is 2. The summed E-state index contributed by atoms with van der Waals surface area (Å²) < 4.78 is 0. The van der Waals surface area contributed by atoms with Gasteiger partial charge in [0.05, 0.1) is 6.04 Å². The van der Waals surface area contributed by atoms with Gasteiger partial charge in [-0.3, -0.25) is 5.32 Å². The molecule has 0 saturated heterocycles. The van der Waals surface area contributed by atoms with Gasteiger partial charge in [-0.05, 0) is 30.0 Å². The Morgan fingerprint density at radius 1 is 1.04 bits per heavy atom. The molecule has 0 aromatic heterocycles. The normalized spacial score (nSPS) is 23.5. The highest BCUT2D eigenvalue weighted by atomic mass is 35.5. The molecule has 0 saturated carbocycles. The standard InChI is InChI=1S/C20H26N2.2ClH/c1-4-15(2)20(3)14-21-18-13-9-8-12-17(18)19(22-20)16-10-6-5-7-11-16;;/h5-13,15,19,21-22H,4,14H2,1-3H3;2*1H.